The van der Waals surface area contributed by atoms with Crippen LogP contribution in [0.25, 0.3) is 0 Å². The van der Waals surface area contributed by atoms with Gasteiger partial charge in [0.25, 0.3) is 10.0 Å². The maximum Gasteiger partial charge on any atom is 0.343 e. The molecule has 200 valence electrons. The third kappa shape index (κ3) is 5.11. The van der Waals surface area contributed by atoms with Gasteiger partial charge in [0.05, 0.1) is 18.2 Å². The van der Waals surface area contributed by atoms with E-state index in [2.05, 4.69) is 20.7 Å². The van der Waals surface area contributed by atoms with E-state index in [1.54, 1.807) is 42.5 Å². The minimum atomic E-state index is -4.04. The Bertz CT molecular complexity index is 1560. The highest BCUT2D eigenvalue weighted by molar-refractivity contribution is 9.10. The van der Waals surface area contributed by atoms with E-state index in [0.717, 1.165) is 32.1 Å². The molecule has 3 aromatic rings. The van der Waals surface area contributed by atoms with Gasteiger partial charge in [-0.25, -0.2) is 13.2 Å². The van der Waals surface area contributed by atoms with Crippen molar-refractivity contribution in [1.82, 2.24) is 0 Å². The zero-order valence-corrected chi connectivity index (χ0v) is 23.2. The van der Waals surface area contributed by atoms with E-state index in [1.807, 2.05) is 0 Å². The number of aryl methyl sites for hydroxylation is 1. The lowest BCUT2D eigenvalue weighted by Gasteiger charge is -2.21. The Labute approximate surface area is 229 Å². The molecule has 2 N–H and O–H groups in total. The number of Topliss-reactive ketones (excluding diaryl/α,β-unsaturated/α-hetero) is 1. The van der Waals surface area contributed by atoms with E-state index in [0.29, 0.717) is 16.5 Å². The predicted molar refractivity (Wildman–Crippen MR) is 146 cm³/mol. The number of rotatable bonds is 7. The fourth-order valence-corrected chi connectivity index (χ4v) is 7.48. The van der Waals surface area contributed by atoms with E-state index < -0.39 is 21.6 Å². The first-order valence-electron chi connectivity index (χ1n) is 12.6. The van der Waals surface area contributed by atoms with E-state index in [4.69, 9.17) is 9.15 Å². The summed E-state index contributed by atoms with van der Waals surface area (Å²) in [5.41, 5.74) is 0.454. The van der Waals surface area contributed by atoms with Crippen molar-refractivity contribution in [3.8, 4) is 11.5 Å². The summed E-state index contributed by atoms with van der Waals surface area (Å²) in [5, 5.41) is 11.3. The Balaban J connectivity index is 1.56. The van der Waals surface area contributed by atoms with Crippen molar-refractivity contribution in [3.63, 3.8) is 0 Å². The smallest absolute Gasteiger partial charge is 0.343 e. The van der Waals surface area contributed by atoms with Crippen LogP contribution in [0.4, 0.5) is 5.69 Å². The first-order chi connectivity index (χ1) is 18.2. The summed E-state index contributed by atoms with van der Waals surface area (Å²) in [7, 11) is -2.64. The van der Waals surface area contributed by atoms with Crippen LogP contribution in [-0.2, 0) is 16.4 Å². The molecule has 2 aromatic carbocycles. The lowest BCUT2D eigenvalue weighted by atomic mass is 9.85. The maximum absolute atomic E-state index is 13.3. The number of sulfonamides is 1. The van der Waals surface area contributed by atoms with E-state index in [1.165, 1.54) is 7.11 Å². The molecule has 1 atom stereocenters. The Morgan fingerprint density at radius 1 is 1.08 bits per heavy atom. The summed E-state index contributed by atoms with van der Waals surface area (Å²) in [6, 6.07) is 11.6. The number of ether oxygens (including phenoxy) is 1. The number of benzene rings is 2. The molecule has 0 saturated heterocycles. The summed E-state index contributed by atoms with van der Waals surface area (Å²) in [5.74, 6) is -0.575. The Morgan fingerprint density at radius 3 is 2.55 bits per heavy atom. The second-order valence-electron chi connectivity index (χ2n) is 9.75. The minimum absolute atomic E-state index is 0.0369. The highest BCUT2D eigenvalue weighted by Crippen LogP contribution is 2.49. The lowest BCUT2D eigenvalue weighted by molar-refractivity contribution is 0.0968. The highest BCUT2D eigenvalue weighted by Gasteiger charge is 2.39. The number of methoxy groups -OCH3 is 1. The summed E-state index contributed by atoms with van der Waals surface area (Å²) < 4.78 is 40.5. The zero-order chi connectivity index (χ0) is 27.0. The monoisotopic (exact) mass is 601 g/mol. The molecule has 0 bridgehead atoms. The van der Waals surface area contributed by atoms with Crippen molar-refractivity contribution < 1.29 is 27.5 Å². The van der Waals surface area contributed by atoms with Gasteiger partial charge in [0.1, 0.15) is 22.2 Å². The van der Waals surface area contributed by atoms with Crippen molar-refractivity contribution in [2.24, 2.45) is 5.92 Å². The van der Waals surface area contributed by atoms with Gasteiger partial charge in [-0.3, -0.25) is 9.52 Å². The topological polar surface area (TPSA) is 123 Å². The number of nitrogens with one attached hydrogen (secondary N) is 1. The Morgan fingerprint density at radius 2 is 1.82 bits per heavy atom. The first-order valence-corrected chi connectivity index (χ1v) is 14.9. The van der Waals surface area contributed by atoms with Crippen LogP contribution in [0, 0.1) is 5.92 Å². The molecule has 1 unspecified atom stereocenters. The van der Waals surface area contributed by atoms with Crippen LogP contribution in [0.1, 0.15) is 71.7 Å². The van der Waals surface area contributed by atoms with Crippen molar-refractivity contribution in [2.45, 2.75) is 55.8 Å². The standard InChI is InChI=1S/C28H28BrNO7S/c1-36-22-12-6-9-19(29)27(22)38(34,35)30-18-8-5-7-17(15-18)23(16-13-14-16)25-26(32)24-20(31)10-3-2-4-11-21(24)37-28(25)33/h5-9,12,15-16,23,30,32H,2-4,10-11,13-14H2,1H3. The van der Waals surface area contributed by atoms with Gasteiger partial charge in [0.2, 0.25) is 0 Å². The quantitative estimate of drug-likeness (QED) is 0.353. The number of aromatic hydroxyl groups is 1. The average molecular weight is 603 g/mol. The van der Waals surface area contributed by atoms with Gasteiger partial charge in [-0.1, -0.05) is 24.6 Å². The molecule has 0 spiro atoms. The molecule has 0 amide bonds. The molecule has 1 saturated carbocycles. The number of anilines is 1. The average Bonchev–Trinajstić information content (AvgIpc) is 3.69. The fourth-order valence-electron chi connectivity index (χ4n) is 5.21. The molecule has 8 nitrogen and oxygen atoms in total. The van der Waals surface area contributed by atoms with Gasteiger partial charge in [-0.05, 0) is 77.4 Å². The van der Waals surface area contributed by atoms with Crippen LogP contribution in [0.2, 0.25) is 0 Å². The third-order valence-electron chi connectivity index (χ3n) is 7.11. The summed E-state index contributed by atoms with van der Waals surface area (Å²) in [6.45, 7) is 0. The second-order valence-corrected chi connectivity index (χ2v) is 12.2. The number of halogens is 1. The van der Waals surface area contributed by atoms with E-state index >= 15 is 0 Å². The van der Waals surface area contributed by atoms with Crippen LogP contribution in [0.15, 0.2) is 61.0 Å². The minimum Gasteiger partial charge on any atom is -0.506 e. The van der Waals surface area contributed by atoms with Crippen LogP contribution in [-0.4, -0.2) is 26.4 Å². The maximum atomic E-state index is 13.3. The second kappa shape index (κ2) is 10.6. The molecule has 1 aromatic heterocycles. The molecule has 0 aliphatic heterocycles. The molecular weight excluding hydrogens is 574 g/mol. The fraction of sp³-hybridized carbons (Fsp3) is 0.357. The summed E-state index contributed by atoms with van der Waals surface area (Å²) in [4.78, 5) is 26.1. The van der Waals surface area contributed by atoms with E-state index in [9.17, 15) is 23.1 Å². The van der Waals surface area contributed by atoms with Crippen molar-refractivity contribution in [3.05, 3.63) is 79.8 Å². The first kappa shape index (κ1) is 26.5. The number of hydrogen-bond acceptors (Lipinski definition) is 7. The van der Waals surface area contributed by atoms with Gasteiger partial charge in [0.15, 0.2) is 5.78 Å². The highest BCUT2D eigenvalue weighted by atomic mass is 79.9. The Hall–Kier alpha value is -3.11. The van der Waals surface area contributed by atoms with Crippen LogP contribution in [0.5, 0.6) is 11.5 Å². The molecule has 0 radical (unpaired) electrons. The molecule has 10 heteroatoms. The molecule has 2 aliphatic carbocycles. The molecule has 1 heterocycles. The van der Waals surface area contributed by atoms with Gasteiger partial charge < -0.3 is 14.3 Å². The molecule has 1 fully saturated rings. The zero-order valence-electron chi connectivity index (χ0n) is 20.8. The number of carbonyl (C=O) groups is 1. The number of carbonyl (C=O) groups excluding carboxylic acids is 1. The predicted octanol–water partition coefficient (Wildman–Crippen LogP) is 5.76. The van der Waals surface area contributed by atoms with Crippen LogP contribution < -0.4 is 15.1 Å². The lowest BCUT2D eigenvalue weighted by Crippen LogP contribution is -2.21. The number of ketones is 1. The molecule has 38 heavy (non-hydrogen) atoms. The SMILES string of the molecule is COc1cccc(Br)c1S(=O)(=O)Nc1cccc(C(c2c(O)c3c(oc2=O)CCCCCC3=O)C2CC2)c1. The van der Waals surface area contributed by atoms with Crippen LogP contribution >= 0.6 is 15.9 Å². The van der Waals surface area contributed by atoms with Gasteiger partial charge in [-0.2, -0.15) is 0 Å². The molecular formula is C28H28BrNO7S. The summed E-state index contributed by atoms with van der Waals surface area (Å²) in [6.07, 6.45) is 4.74. The normalized spacial score (nSPS) is 16.7. The third-order valence-corrected chi connectivity index (χ3v) is 9.50. The summed E-state index contributed by atoms with van der Waals surface area (Å²) >= 11 is 3.29. The van der Waals surface area contributed by atoms with Gasteiger partial charge >= 0.3 is 5.63 Å². The van der Waals surface area contributed by atoms with Crippen molar-refractivity contribution >= 4 is 37.4 Å². The number of hydrogen-bond donors (Lipinski definition) is 2. The van der Waals surface area contributed by atoms with Crippen LogP contribution in [0.3, 0.4) is 0 Å². The van der Waals surface area contributed by atoms with Crippen molar-refractivity contribution in [2.75, 3.05) is 11.8 Å². The van der Waals surface area contributed by atoms with Gasteiger partial charge in [-0.15, -0.1) is 0 Å². The Kier molecular flexibility index (Phi) is 7.37. The van der Waals surface area contributed by atoms with Crippen molar-refractivity contribution in [1.29, 1.82) is 0 Å². The number of fused-ring (bicyclic) bond motifs is 1. The molecule has 2 aliphatic rings. The van der Waals surface area contributed by atoms with E-state index in [-0.39, 0.29) is 57.1 Å². The molecule has 5 rings (SSSR count). The van der Waals surface area contributed by atoms with Gasteiger partial charge in [0, 0.05) is 28.9 Å². The largest absolute Gasteiger partial charge is 0.506 e.